The van der Waals surface area contributed by atoms with Gasteiger partial charge in [-0.3, -0.25) is 0 Å². The first-order valence-electron chi connectivity index (χ1n) is 9.01. The van der Waals surface area contributed by atoms with E-state index in [0.29, 0.717) is 31.1 Å². The Hall–Kier alpha value is -1.35. The Balaban J connectivity index is 1.88. The molecule has 0 spiro atoms. The molecular weight excluding hydrogens is 356 g/mol. The van der Waals surface area contributed by atoms with Crippen molar-refractivity contribution in [3.05, 3.63) is 23.8 Å². The average Bonchev–Trinajstić information content (AvgIpc) is 3.10. The zero-order valence-electron chi connectivity index (χ0n) is 15.8. The van der Waals surface area contributed by atoms with Gasteiger partial charge in [-0.2, -0.15) is 17.0 Å². The molecule has 2 aliphatic rings. The Morgan fingerprint density at radius 3 is 2.35 bits per heavy atom. The zero-order valence-corrected chi connectivity index (χ0v) is 16.7. The van der Waals surface area contributed by atoms with Crippen molar-refractivity contribution in [1.29, 1.82) is 0 Å². The van der Waals surface area contributed by atoms with Crippen LogP contribution in [0.15, 0.2) is 18.2 Å². The number of morpholine rings is 1. The van der Waals surface area contributed by atoms with Crippen LogP contribution in [0.5, 0.6) is 11.5 Å². The van der Waals surface area contributed by atoms with Crippen molar-refractivity contribution >= 4 is 10.2 Å². The minimum atomic E-state index is -3.55. The van der Waals surface area contributed by atoms with E-state index in [2.05, 4.69) is 0 Å². The predicted octanol–water partition coefficient (Wildman–Crippen LogP) is 2.19. The van der Waals surface area contributed by atoms with Crippen LogP contribution >= 0.6 is 0 Å². The van der Waals surface area contributed by atoms with E-state index in [-0.39, 0.29) is 18.2 Å². The molecule has 1 aromatic rings. The Morgan fingerprint density at radius 1 is 1.08 bits per heavy atom. The van der Waals surface area contributed by atoms with Crippen molar-refractivity contribution < 1.29 is 22.6 Å². The Kier molecular flexibility index (Phi) is 5.76. The molecule has 0 radical (unpaired) electrons. The van der Waals surface area contributed by atoms with Crippen molar-refractivity contribution in [2.24, 2.45) is 0 Å². The third kappa shape index (κ3) is 3.69. The summed E-state index contributed by atoms with van der Waals surface area (Å²) in [4.78, 5) is 0. The maximum atomic E-state index is 13.3. The van der Waals surface area contributed by atoms with Crippen LogP contribution in [0, 0.1) is 0 Å². The smallest absolute Gasteiger partial charge is 0.282 e. The molecule has 0 aliphatic carbocycles. The summed E-state index contributed by atoms with van der Waals surface area (Å²) in [5.41, 5.74) is 0.929. The lowest BCUT2D eigenvalue weighted by Gasteiger charge is -2.38. The van der Waals surface area contributed by atoms with E-state index < -0.39 is 10.2 Å². The maximum absolute atomic E-state index is 13.3. The molecule has 0 unspecified atom stereocenters. The molecule has 2 aliphatic heterocycles. The highest BCUT2D eigenvalue weighted by molar-refractivity contribution is 7.86. The molecular formula is C18H28N2O5S. The predicted molar refractivity (Wildman–Crippen MR) is 98.7 cm³/mol. The molecule has 0 amide bonds. The van der Waals surface area contributed by atoms with E-state index in [4.69, 9.17) is 14.2 Å². The second-order valence-corrected chi connectivity index (χ2v) is 8.85. The minimum Gasteiger partial charge on any atom is -0.493 e. The van der Waals surface area contributed by atoms with Gasteiger partial charge in [-0.25, -0.2) is 0 Å². The summed E-state index contributed by atoms with van der Waals surface area (Å²) in [6.07, 6.45) is 1.43. The Morgan fingerprint density at radius 2 is 1.73 bits per heavy atom. The van der Waals surface area contributed by atoms with Gasteiger partial charge in [-0.15, -0.1) is 0 Å². The van der Waals surface area contributed by atoms with Gasteiger partial charge in [0.1, 0.15) is 0 Å². The minimum absolute atomic E-state index is 0.101. The number of ether oxygens (including phenoxy) is 3. The summed E-state index contributed by atoms with van der Waals surface area (Å²) in [5, 5.41) is 0. The molecule has 0 saturated carbocycles. The van der Waals surface area contributed by atoms with Crippen molar-refractivity contribution in [2.45, 2.75) is 44.9 Å². The van der Waals surface area contributed by atoms with Gasteiger partial charge >= 0.3 is 0 Å². The summed E-state index contributed by atoms with van der Waals surface area (Å²) >= 11 is 0. The Labute approximate surface area is 156 Å². The van der Waals surface area contributed by atoms with Crippen LogP contribution < -0.4 is 9.47 Å². The summed E-state index contributed by atoms with van der Waals surface area (Å²) in [7, 11) is -0.373. The third-order valence-electron chi connectivity index (χ3n) is 5.00. The molecule has 8 heteroatoms. The highest BCUT2D eigenvalue weighted by Crippen LogP contribution is 2.39. The van der Waals surface area contributed by atoms with Crippen LogP contribution in [0.25, 0.3) is 0 Å². The molecule has 0 bridgehead atoms. The van der Waals surface area contributed by atoms with Crippen LogP contribution in [0.2, 0.25) is 0 Å². The number of hydrogen-bond acceptors (Lipinski definition) is 5. The lowest BCUT2D eigenvalue weighted by Crippen LogP contribution is -2.52. The quantitative estimate of drug-likeness (QED) is 0.778. The number of hydrogen-bond donors (Lipinski definition) is 0. The summed E-state index contributed by atoms with van der Waals surface area (Å²) in [6, 6.07) is 5.44. The normalized spacial score (nSPS) is 28.2. The zero-order chi connectivity index (χ0) is 18.9. The van der Waals surface area contributed by atoms with Crippen LogP contribution in [0.4, 0.5) is 0 Å². The van der Waals surface area contributed by atoms with Crippen molar-refractivity contribution in [2.75, 3.05) is 33.9 Å². The van der Waals surface area contributed by atoms with Crippen LogP contribution in [0.1, 0.15) is 38.3 Å². The first kappa shape index (κ1) is 19.4. The molecule has 0 N–H and O–H groups in total. The fourth-order valence-electron chi connectivity index (χ4n) is 3.88. The van der Waals surface area contributed by atoms with Crippen LogP contribution in [-0.2, 0) is 14.9 Å². The van der Waals surface area contributed by atoms with Crippen molar-refractivity contribution in [3.63, 3.8) is 0 Å². The fraction of sp³-hybridized carbons (Fsp3) is 0.667. The topological polar surface area (TPSA) is 68.3 Å². The Bertz CT molecular complexity index is 729. The van der Waals surface area contributed by atoms with E-state index >= 15 is 0 Å². The van der Waals surface area contributed by atoms with E-state index in [1.54, 1.807) is 22.8 Å². The molecule has 2 saturated heterocycles. The van der Waals surface area contributed by atoms with E-state index in [0.717, 1.165) is 18.4 Å². The largest absolute Gasteiger partial charge is 0.493 e. The number of benzene rings is 1. The summed E-state index contributed by atoms with van der Waals surface area (Å²) < 4.78 is 46.1. The van der Waals surface area contributed by atoms with E-state index in [9.17, 15) is 8.42 Å². The molecule has 2 heterocycles. The van der Waals surface area contributed by atoms with Gasteiger partial charge < -0.3 is 14.2 Å². The number of methoxy groups -OCH3 is 2. The van der Waals surface area contributed by atoms with Gasteiger partial charge in [0.25, 0.3) is 10.2 Å². The molecule has 3 atom stereocenters. The number of nitrogens with zero attached hydrogens (tertiary/aromatic N) is 2. The first-order chi connectivity index (χ1) is 12.4. The highest BCUT2D eigenvalue weighted by atomic mass is 32.2. The molecule has 146 valence electrons. The monoisotopic (exact) mass is 384 g/mol. The lowest BCUT2D eigenvalue weighted by atomic mass is 10.0. The van der Waals surface area contributed by atoms with E-state index in [1.165, 1.54) is 0 Å². The first-order valence-corrected chi connectivity index (χ1v) is 10.4. The van der Waals surface area contributed by atoms with Gasteiger partial charge in [-0.1, -0.05) is 6.07 Å². The van der Waals surface area contributed by atoms with Gasteiger partial charge in [-0.05, 0) is 44.4 Å². The standard InChI is InChI=1S/C18H28N2O5S/c1-13-11-19(12-14(2)25-13)26(21,22)20-9-5-6-16(20)15-7-8-17(23-3)18(10-15)24-4/h7-8,10,13-14,16H,5-6,9,11-12H2,1-4H3/t13-,14-,16-/m0/s1. The van der Waals surface area contributed by atoms with Gasteiger partial charge in [0.15, 0.2) is 11.5 Å². The fourth-order valence-corrected chi connectivity index (χ4v) is 5.88. The van der Waals surface area contributed by atoms with Gasteiger partial charge in [0.05, 0.1) is 32.5 Å². The second kappa shape index (κ2) is 7.72. The van der Waals surface area contributed by atoms with Crippen LogP contribution in [0.3, 0.4) is 0 Å². The number of rotatable bonds is 5. The molecule has 26 heavy (non-hydrogen) atoms. The lowest BCUT2D eigenvalue weighted by molar-refractivity contribution is -0.0455. The van der Waals surface area contributed by atoms with E-state index in [1.807, 2.05) is 32.0 Å². The third-order valence-corrected chi connectivity index (χ3v) is 6.99. The van der Waals surface area contributed by atoms with Crippen LogP contribution in [-0.4, -0.2) is 63.1 Å². The highest BCUT2D eigenvalue weighted by Gasteiger charge is 2.41. The van der Waals surface area contributed by atoms with Crippen molar-refractivity contribution in [3.8, 4) is 11.5 Å². The average molecular weight is 384 g/mol. The van der Waals surface area contributed by atoms with Gasteiger partial charge in [0, 0.05) is 19.6 Å². The molecule has 1 aromatic carbocycles. The molecule has 0 aromatic heterocycles. The summed E-state index contributed by atoms with van der Waals surface area (Å²) in [6.45, 7) is 5.13. The molecule has 3 rings (SSSR count). The summed E-state index contributed by atoms with van der Waals surface area (Å²) in [5.74, 6) is 1.25. The van der Waals surface area contributed by atoms with Gasteiger partial charge in [0.2, 0.25) is 0 Å². The van der Waals surface area contributed by atoms with Crippen molar-refractivity contribution in [1.82, 2.24) is 8.61 Å². The SMILES string of the molecule is COc1ccc([C@@H]2CCCN2S(=O)(=O)N2C[C@H](C)O[C@@H](C)C2)cc1OC. The maximum Gasteiger partial charge on any atom is 0.282 e. The molecule has 7 nitrogen and oxygen atoms in total. The molecule has 2 fully saturated rings. The second-order valence-electron chi connectivity index (χ2n) is 6.97.